The molecule has 9 rings (SSSR count). The standard InChI is InChI=1S/C58H59N4.Pt/c1-37(2)40-32-49(38(3)4)56(50(33-40)39(5)6)41-30-44(34-46(31-41)61-36-60(52-20-14-15-21-53(52)61)45-26-23-42(24-27-45)57(7,8)9)58(10,11)43-25-28-48-47-18-12-13-19-51(47)62(54(48)35-43)55-22-16-17-29-59-55;/h12-33,36-39H,1-11H3;/q-3;. The average molecular weight is 1010 g/mol. The molecular weight excluding hydrogens is 948 g/mol. The normalized spacial score (nSPS) is 13.2. The molecule has 1 aliphatic rings. The zero-order valence-electron chi connectivity index (χ0n) is 38.6. The van der Waals surface area contributed by atoms with Gasteiger partial charge in [-0.15, -0.1) is 29.4 Å². The number of fused-ring (bicyclic) bond motifs is 4. The number of hydrogen-bond acceptors (Lipinski definition) is 3. The van der Waals surface area contributed by atoms with E-state index in [0.29, 0.717) is 17.8 Å². The average Bonchev–Trinajstić information content (AvgIpc) is 3.82. The van der Waals surface area contributed by atoms with Crippen molar-refractivity contribution in [3.8, 4) is 16.9 Å². The third kappa shape index (κ3) is 7.95. The molecule has 0 saturated carbocycles. The molecule has 0 spiro atoms. The summed E-state index contributed by atoms with van der Waals surface area (Å²) in [5.41, 5.74) is 16.4. The first kappa shape index (κ1) is 44.2. The first-order chi connectivity index (χ1) is 29.6. The molecule has 0 atom stereocenters. The summed E-state index contributed by atoms with van der Waals surface area (Å²) >= 11 is 0. The summed E-state index contributed by atoms with van der Waals surface area (Å²) in [6.07, 6.45) is 1.87. The molecule has 0 saturated heterocycles. The van der Waals surface area contributed by atoms with E-state index in [9.17, 15) is 0 Å². The van der Waals surface area contributed by atoms with E-state index < -0.39 is 5.41 Å². The molecule has 324 valence electrons. The van der Waals surface area contributed by atoms with E-state index in [1.165, 1.54) is 38.8 Å². The molecule has 4 nitrogen and oxygen atoms in total. The van der Waals surface area contributed by atoms with Crippen molar-refractivity contribution in [2.45, 2.75) is 105 Å². The molecule has 0 aliphatic carbocycles. The third-order valence-corrected chi connectivity index (χ3v) is 13.0. The van der Waals surface area contributed by atoms with Crippen LogP contribution in [0.4, 0.5) is 22.7 Å². The number of hydrogen-bond donors (Lipinski definition) is 0. The Kier molecular flexibility index (Phi) is 11.9. The maximum Gasteiger partial charge on any atom is 0.135 e. The molecule has 1 aliphatic heterocycles. The smallest absolute Gasteiger partial charge is 0.135 e. The Balaban J connectivity index is 0.00000544. The molecule has 2 aromatic heterocycles. The van der Waals surface area contributed by atoms with Gasteiger partial charge >= 0.3 is 0 Å². The molecule has 0 N–H and O–H groups in total. The maximum absolute atomic E-state index is 4.82. The van der Waals surface area contributed by atoms with Gasteiger partial charge in [0.15, 0.2) is 0 Å². The molecule has 0 unspecified atom stereocenters. The van der Waals surface area contributed by atoms with Crippen molar-refractivity contribution in [1.29, 1.82) is 0 Å². The summed E-state index contributed by atoms with van der Waals surface area (Å²) in [5.74, 6) is 1.98. The van der Waals surface area contributed by atoms with Crippen molar-refractivity contribution in [2.24, 2.45) is 0 Å². The fourth-order valence-corrected chi connectivity index (χ4v) is 9.21. The van der Waals surface area contributed by atoms with E-state index in [2.05, 4.69) is 231 Å². The van der Waals surface area contributed by atoms with Crippen LogP contribution < -0.4 is 9.80 Å². The summed E-state index contributed by atoms with van der Waals surface area (Å²) in [5, 5.41) is 2.36. The van der Waals surface area contributed by atoms with Crippen LogP contribution in [0, 0.1) is 18.8 Å². The van der Waals surface area contributed by atoms with Crippen LogP contribution in [0.15, 0.2) is 134 Å². The van der Waals surface area contributed by atoms with Crippen LogP contribution in [0.25, 0.3) is 38.8 Å². The number of pyridine rings is 1. The van der Waals surface area contributed by atoms with Crippen LogP contribution in [0.2, 0.25) is 0 Å². The Bertz CT molecular complexity index is 2900. The predicted molar refractivity (Wildman–Crippen MR) is 263 cm³/mol. The van der Waals surface area contributed by atoms with Crippen LogP contribution in [0.5, 0.6) is 0 Å². The van der Waals surface area contributed by atoms with Gasteiger partial charge in [0, 0.05) is 49.8 Å². The molecule has 5 heteroatoms. The molecule has 0 bridgehead atoms. The number of aromatic nitrogens is 2. The van der Waals surface area contributed by atoms with E-state index in [1.807, 2.05) is 12.3 Å². The van der Waals surface area contributed by atoms with Gasteiger partial charge in [0.05, 0.1) is 0 Å². The summed E-state index contributed by atoms with van der Waals surface area (Å²) in [6, 6.07) is 54.8. The van der Waals surface area contributed by atoms with Crippen molar-refractivity contribution < 1.29 is 21.1 Å². The van der Waals surface area contributed by atoms with Gasteiger partial charge in [-0.05, 0) is 104 Å². The monoisotopic (exact) mass is 1010 g/mol. The van der Waals surface area contributed by atoms with Gasteiger partial charge in [-0.25, -0.2) is 4.98 Å². The largest absolute Gasteiger partial charge is 0.493 e. The number of benzene rings is 6. The predicted octanol–water partition coefficient (Wildman–Crippen LogP) is 15.8. The van der Waals surface area contributed by atoms with Crippen LogP contribution >= 0.6 is 0 Å². The third-order valence-electron chi connectivity index (χ3n) is 13.0. The van der Waals surface area contributed by atoms with Gasteiger partial charge in [-0.3, -0.25) is 0 Å². The molecule has 0 radical (unpaired) electrons. The Labute approximate surface area is 390 Å². The van der Waals surface area contributed by atoms with Gasteiger partial charge in [-0.2, -0.15) is 41.5 Å². The fraction of sp³-hybridized carbons (Fsp3) is 0.276. The topological polar surface area (TPSA) is 24.3 Å². The van der Waals surface area contributed by atoms with Crippen molar-refractivity contribution in [1.82, 2.24) is 9.55 Å². The second-order valence-electron chi connectivity index (χ2n) is 19.6. The van der Waals surface area contributed by atoms with E-state index in [0.717, 1.165) is 56.1 Å². The minimum atomic E-state index is -0.486. The summed E-state index contributed by atoms with van der Waals surface area (Å²) in [4.78, 5) is 9.48. The second-order valence-corrected chi connectivity index (χ2v) is 19.6. The number of anilines is 4. The first-order valence-electron chi connectivity index (χ1n) is 22.4. The molecule has 63 heavy (non-hydrogen) atoms. The molecule has 0 amide bonds. The van der Waals surface area contributed by atoms with E-state index in [4.69, 9.17) is 4.98 Å². The Morgan fingerprint density at radius 1 is 0.587 bits per heavy atom. The van der Waals surface area contributed by atoms with E-state index >= 15 is 0 Å². The van der Waals surface area contributed by atoms with Crippen LogP contribution in [0.3, 0.4) is 0 Å². The Morgan fingerprint density at radius 3 is 1.84 bits per heavy atom. The number of para-hydroxylation sites is 3. The minimum Gasteiger partial charge on any atom is -0.493 e. The first-order valence-corrected chi connectivity index (χ1v) is 22.4. The zero-order chi connectivity index (χ0) is 43.7. The van der Waals surface area contributed by atoms with Crippen LogP contribution in [0.1, 0.15) is 127 Å². The number of nitrogens with zero attached hydrogens (tertiary/aromatic N) is 4. The second kappa shape index (κ2) is 16.9. The summed E-state index contributed by atoms with van der Waals surface area (Å²) < 4.78 is 2.26. The van der Waals surface area contributed by atoms with Gasteiger partial charge in [0.1, 0.15) is 5.82 Å². The van der Waals surface area contributed by atoms with Crippen molar-refractivity contribution in [3.05, 3.63) is 186 Å². The summed E-state index contributed by atoms with van der Waals surface area (Å²) in [7, 11) is 0. The quantitative estimate of drug-likeness (QED) is 0.135. The van der Waals surface area contributed by atoms with E-state index in [1.54, 1.807) is 0 Å². The van der Waals surface area contributed by atoms with Crippen molar-refractivity contribution in [3.63, 3.8) is 0 Å². The van der Waals surface area contributed by atoms with Crippen LogP contribution in [-0.4, -0.2) is 9.55 Å². The molecule has 0 fully saturated rings. The molecular formula is C58H59N4Pt-3. The van der Waals surface area contributed by atoms with Gasteiger partial charge in [-0.1, -0.05) is 142 Å². The van der Waals surface area contributed by atoms with Gasteiger partial charge < -0.3 is 14.4 Å². The molecule has 8 aromatic rings. The Hall–Kier alpha value is -5.44. The van der Waals surface area contributed by atoms with Crippen molar-refractivity contribution >= 4 is 44.6 Å². The Morgan fingerprint density at radius 2 is 1.22 bits per heavy atom. The van der Waals surface area contributed by atoms with Crippen molar-refractivity contribution in [2.75, 3.05) is 9.80 Å². The van der Waals surface area contributed by atoms with Crippen LogP contribution in [-0.2, 0) is 31.9 Å². The van der Waals surface area contributed by atoms with E-state index in [-0.39, 0.29) is 26.5 Å². The summed E-state index contributed by atoms with van der Waals surface area (Å²) in [6.45, 7) is 27.7. The van der Waals surface area contributed by atoms with Gasteiger partial charge in [0.2, 0.25) is 0 Å². The zero-order valence-corrected chi connectivity index (χ0v) is 40.9. The minimum absolute atomic E-state index is 0. The number of rotatable bonds is 9. The SMILES string of the molecule is CC(C)c1cc(C(C)C)c(-c2cc(N3[CH-]N(c4ccc(C(C)(C)C)cc4)c4ccccc43)[c-]c(C(C)(C)c3[c-]c4c(cc3)c3ccccc3n4-c3ccccn3)c2)c(C(C)C)c1.[Pt]. The molecule has 3 heterocycles. The maximum atomic E-state index is 4.82. The molecule has 6 aromatic carbocycles. The fourth-order valence-electron chi connectivity index (χ4n) is 9.21. The van der Waals surface area contributed by atoms with Gasteiger partial charge in [0.25, 0.3) is 0 Å².